The number of halogens is 2. The molecule has 0 saturated carbocycles. The molecule has 0 spiro atoms. The summed E-state index contributed by atoms with van der Waals surface area (Å²) in [6, 6.07) is 21.9. The van der Waals surface area contributed by atoms with Gasteiger partial charge in [0.2, 0.25) is 0 Å². The molecule has 0 fully saturated rings. The van der Waals surface area contributed by atoms with Crippen LogP contribution in [0, 0.1) is 5.41 Å². The number of anilines is 1. The SMILES string of the molecule is CC1(C)CC(=O)C2=C(C1)Nc1ccc3ccccc3c1C2c1ccc(-c2cccc(Cl)c2Cl)o1. The largest absolute Gasteiger partial charge is 0.460 e. The maximum atomic E-state index is 13.6. The van der Waals surface area contributed by atoms with Crippen molar-refractivity contribution in [1.29, 1.82) is 0 Å². The lowest BCUT2D eigenvalue weighted by Crippen LogP contribution is -2.33. The van der Waals surface area contributed by atoms with Crippen molar-refractivity contribution in [2.75, 3.05) is 5.32 Å². The number of ketones is 1. The number of hydrogen-bond acceptors (Lipinski definition) is 3. The summed E-state index contributed by atoms with van der Waals surface area (Å²) >= 11 is 12.7. The van der Waals surface area contributed by atoms with Crippen molar-refractivity contribution < 1.29 is 9.21 Å². The van der Waals surface area contributed by atoms with Gasteiger partial charge in [-0.2, -0.15) is 0 Å². The van der Waals surface area contributed by atoms with Gasteiger partial charge >= 0.3 is 0 Å². The van der Waals surface area contributed by atoms with E-state index in [1.807, 2.05) is 36.4 Å². The highest BCUT2D eigenvalue weighted by Crippen LogP contribution is 2.51. The van der Waals surface area contributed by atoms with Crippen molar-refractivity contribution in [2.24, 2.45) is 5.41 Å². The van der Waals surface area contributed by atoms with E-state index in [0.29, 0.717) is 22.2 Å². The first-order valence-corrected chi connectivity index (χ1v) is 12.2. The molecule has 3 nitrogen and oxygen atoms in total. The van der Waals surface area contributed by atoms with Gasteiger partial charge in [-0.25, -0.2) is 0 Å². The molecule has 2 aliphatic rings. The molecule has 1 aromatic heterocycles. The Kier molecular flexibility index (Phi) is 4.91. The Bertz CT molecular complexity index is 1510. The third-order valence-electron chi connectivity index (χ3n) is 6.88. The predicted octanol–water partition coefficient (Wildman–Crippen LogP) is 8.61. The molecule has 1 atom stereocenters. The lowest BCUT2D eigenvalue weighted by Gasteiger charge is -2.39. The molecule has 1 N–H and O–H groups in total. The van der Waals surface area contributed by atoms with Crippen LogP contribution in [-0.4, -0.2) is 5.78 Å². The number of carbonyl (C=O) groups excluding carboxylic acids is 1. The number of benzene rings is 3. The molecule has 5 heteroatoms. The second kappa shape index (κ2) is 7.76. The zero-order chi connectivity index (χ0) is 23.6. The number of allylic oxidation sites excluding steroid dienone is 2. The minimum Gasteiger partial charge on any atom is -0.460 e. The summed E-state index contributed by atoms with van der Waals surface area (Å²) < 4.78 is 6.44. The van der Waals surface area contributed by atoms with Gasteiger partial charge < -0.3 is 9.73 Å². The van der Waals surface area contributed by atoms with E-state index in [1.165, 1.54) is 0 Å². The maximum absolute atomic E-state index is 13.6. The van der Waals surface area contributed by atoms with Crippen LogP contribution in [0.25, 0.3) is 22.1 Å². The lowest BCUT2D eigenvalue weighted by molar-refractivity contribution is -0.118. The predicted molar refractivity (Wildman–Crippen MR) is 139 cm³/mol. The van der Waals surface area contributed by atoms with Crippen LogP contribution in [0.1, 0.15) is 43.9 Å². The van der Waals surface area contributed by atoms with E-state index in [2.05, 4.69) is 43.4 Å². The molecule has 1 aliphatic carbocycles. The van der Waals surface area contributed by atoms with Gasteiger partial charge in [-0.1, -0.05) is 73.4 Å². The number of fused-ring (bicyclic) bond motifs is 3. The molecule has 0 saturated heterocycles. The van der Waals surface area contributed by atoms with Gasteiger partial charge in [0, 0.05) is 28.9 Å². The van der Waals surface area contributed by atoms with E-state index in [0.717, 1.165) is 51.0 Å². The molecule has 0 bridgehead atoms. The number of furan rings is 1. The Morgan fingerprint density at radius 3 is 2.62 bits per heavy atom. The average Bonchev–Trinajstić information content (AvgIpc) is 3.28. The van der Waals surface area contributed by atoms with Crippen molar-refractivity contribution in [3.63, 3.8) is 0 Å². The van der Waals surface area contributed by atoms with Crippen LogP contribution >= 0.6 is 23.2 Å². The highest BCUT2D eigenvalue weighted by atomic mass is 35.5. The molecule has 1 unspecified atom stereocenters. The summed E-state index contributed by atoms with van der Waals surface area (Å²) in [5.74, 6) is 1.23. The minimum absolute atomic E-state index is 0.0928. The van der Waals surface area contributed by atoms with E-state index in [-0.39, 0.29) is 17.1 Å². The summed E-state index contributed by atoms with van der Waals surface area (Å²) in [6.45, 7) is 4.29. The minimum atomic E-state index is -0.298. The molecule has 6 rings (SSSR count). The van der Waals surface area contributed by atoms with Crippen molar-refractivity contribution in [3.8, 4) is 11.3 Å². The van der Waals surface area contributed by atoms with E-state index in [4.69, 9.17) is 27.6 Å². The average molecular weight is 488 g/mol. The van der Waals surface area contributed by atoms with Crippen LogP contribution in [0.4, 0.5) is 5.69 Å². The van der Waals surface area contributed by atoms with Crippen molar-refractivity contribution in [3.05, 3.63) is 99.4 Å². The fourth-order valence-electron chi connectivity index (χ4n) is 5.44. The zero-order valence-electron chi connectivity index (χ0n) is 18.9. The molecular weight excluding hydrogens is 465 g/mol. The summed E-state index contributed by atoms with van der Waals surface area (Å²) in [6.07, 6.45) is 1.32. The van der Waals surface area contributed by atoms with Gasteiger partial charge in [-0.15, -0.1) is 0 Å². The van der Waals surface area contributed by atoms with Gasteiger partial charge in [0.15, 0.2) is 5.78 Å². The summed E-state index contributed by atoms with van der Waals surface area (Å²) in [5, 5.41) is 6.78. The van der Waals surface area contributed by atoms with Crippen LogP contribution in [0.15, 0.2) is 82.4 Å². The first kappa shape index (κ1) is 21.5. The maximum Gasteiger partial charge on any atom is 0.162 e. The zero-order valence-corrected chi connectivity index (χ0v) is 20.4. The van der Waals surface area contributed by atoms with Crippen molar-refractivity contribution in [2.45, 2.75) is 32.6 Å². The van der Waals surface area contributed by atoms with Crippen LogP contribution < -0.4 is 5.32 Å². The fourth-order valence-corrected chi connectivity index (χ4v) is 5.83. The van der Waals surface area contributed by atoms with Gasteiger partial charge in [0.25, 0.3) is 0 Å². The van der Waals surface area contributed by atoms with Crippen LogP contribution in [0.2, 0.25) is 10.0 Å². The number of carbonyl (C=O) groups is 1. The van der Waals surface area contributed by atoms with E-state index < -0.39 is 0 Å². The third-order valence-corrected chi connectivity index (χ3v) is 7.70. The first-order chi connectivity index (χ1) is 16.3. The van der Waals surface area contributed by atoms with Crippen molar-refractivity contribution >= 4 is 45.4 Å². The van der Waals surface area contributed by atoms with Gasteiger partial charge in [-0.3, -0.25) is 4.79 Å². The second-order valence-electron chi connectivity index (χ2n) is 9.94. The van der Waals surface area contributed by atoms with Crippen LogP contribution in [-0.2, 0) is 4.79 Å². The Morgan fingerprint density at radius 2 is 1.76 bits per heavy atom. The van der Waals surface area contributed by atoms with Gasteiger partial charge in [0.05, 0.1) is 16.0 Å². The second-order valence-corrected chi connectivity index (χ2v) is 10.7. The summed E-state index contributed by atoms with van der Waals surface area (Å²) in [4.78, 5) is 13.6. The molecule has 0 amide bonds. The summed E-state index contributed by atoms with van der Waals surface area (Å²) in [7, 11) is 0. The Labute approximate surface area is 208 Å². The molecule has 4 aromatic rings. The van der Waals surface area contributed by atoms with Crippen LogP contribution in [0.3, 0.4) is 0 Å². The Morgan fingerprint density at radius 1 is 0.941 bits per heavy atom. The molecular formula is C29H23Cl2NO2. The molecule has 2 heterocycles. The van der Waals surface area contributed by atoms with Crippen molar-refractivity contribution in [1.82, 2.24) is 0 Å². The van der Waals surface area contributed by atoms with E-state index >= 15 is 0 Å². The first-order valence-electron chi connectivity index (χ1n) is 11.4. The number of nitrogens with one attached hydrogen (secondary N) is 1. The standard InChI is InChI=1S/C29H23Cl2NO2/c1-29(2)14-21-26(22(33)15-29)27(25-17-7-4-3-6-16(17)10-11-20(25)32-21)24-13-12-23(34-24)18-8-5-9-19(30)28(18)31/h3-13,27,32H,14-15H2,1-2H3. The highest BCUT2D eigenvalue weighted by Gasteiger charge is 2.42. The third kappa shape index (κ3) is 3.38. The molecule has 3 aromatic carbocycles. The smallest absolute Gasteiger partial charge is 0.162 e. The quantitative estimate of drug-likeness (QED) is 0.307. The Hall–Kier alpha value is -3.01. The topological polar surface area (TPSA) is 42.2 Å². The lowest BCUT2D eigenvalue weighted by atomic mass is 9.69. The summed E-state index contributed by atoms with van der Waals surface area (Å²) in [5.41, 5.74) is 4.53. The number of Topliss-reactive ketones (excluding diaryl/α,β-unsaturated/α-hetero) is 1. The van der Waals surface area contributed by atoms with Gasteiger partial charge in [0.1, 0.15) is 11.5 Å². The van der Waals surface area contributed by atoms with E-state index in [9.17, 15) is 4.79 Å². The highest BCUT2D eigenvalue weighted by molar-refractivity contribution is 6.43. The normalized spacial score (nSPS) is 19.1. The fraction of sp³-hybridized carbons (Fsp3) is 0.207. The monoisotopic (exact) mass is 487 g/mol. The Balaban J connectivity index is 1.59. The van der Waals surface area contributed by atoms with E-state index in [1.54, 1.807) is 6.07 Å². The number of hydrogen-bond donors (Lipinski definition) is 1. The molecule has 170 valence electrons. The molecule has 34 heavy (non-hydrogen) atoms. The molecule has 1 aliphatic heterocycles. The molecule has 0 radical (unpaired) electrons. The number of rotatable bonds is 2. The van der Waals surface area contributed by atoms with Gasteiger partial charge in [-0.05, 0) is 58.5 Å². The van der Waals surface area contributed by atoms with Crippen LogP contribution in [0.5, 0.6) is 0 Å².